The molecule has 3 heteroatoms. The molecule has 112 valence electrons. The average molecular weight is 296 g/mol. The van der Waals surface area contributed by atoms with E-state index in [4.69, 9.17) is 16.3 Å². The summed E-state index contributed by atoms with van der Waals surface area (Å²) in [7, 11) is 2.03. The van der Waals surface area contributed by atoms with E-state index in [1.165, 1.54) is 38.5 Å². The zero-order valence-electron chi connectivity index (χ0n) is 12.6. The molecule has 0 aromatic heterocycles. The Morgan fingerprint density at radius 1 is 1.30 bits per heavy atom. The fraction of sp³-hybridized carbons (Fsp3) is 0.647. The number of ether oxygens (including phenoxy) is 1. The quantitative estimate of drug-likeness (QED) is 0.824. The number of halogens is 1. The molecule has 0 saturated heterocycles. The van der Waals surface area contributed by atoms with Gasteiger partial charge in [0.2, 0.25) is 0 Å². The van der Waals surface area contributed by atoms with Crippen LogP contribution in [0.3, 0.4) is 0 Å². The molecule has 2 unspecified atom stereocenters. The zero-order chi connectivity index (χ0) is 14.4. The molecule has 1 aromatic carbocycles. The van der Waals surface area contributed by atoms with Crippen LogP contribution in [0.2, 0.25) is 5.02 Å². The fourth-order valence-electron chi connectivity index (χ4n) is 3.16. The minimum atomic E-state index is 0.153. The molecule has 1 aliphatic carbocycles. The molecular weight excluding hydrogens is 270 g/mol. The number of rotatable bonds is 6. The average Bonchev–Trinajstić information content (AvgIpc) is 2.45. The third-order valence-corrected chi connectivity index (χ3v) is 4.60. The van der Waals surface area contributed by atoms with Crippen LogP contribution in [0.1, 0.15) is 45.4 Å². The highest BCUT2D eigenvalue weighted by atomic mass is 35.5. The summed E-state index contributed by atoms with van der Waals surface area (Å²) in [6.45, 7) is 2.14. The summed E-state index contributed by atoms with van der Waals surface area (Å²) in [6.07, 6.45) is 8.31. The molecule has 1 aromatic rings. The Morgan fingerprint density at radius 2 is 2.05 bits per heavy atom. The maximum Gasteiger partial charge on any atom is 0.121 e. The van der Waals surface area contributed by atoms with E-state index in [1.54, 1.807) is 0 Å². The molecule has 0 radical (unpaired) electrons. The van der Waals surface area contributed by atoms with E-state index < -0.39 is 0 Å². The molecule has 2 nitrogen and oxygen atoms in total. The standard InChI is InChI=1S/C17H26ClNO/c1-13(20-16-10-6-9-15(18)12-16)17(19-2)11-14-7-4-3-5-8-14/h6,9-10,12-14,17,19H,3-5,7-8,11H2,1-2H3. The van der Waals surface area contributed by atoms with Crippen LogP contribution >= 0.6 is 11.6 Å². The Bertz CT molecular complexity index is 404. The second-order valence-electron chi connectivity index (χ2n) is 5.92. The minimum Gasteiger partial charge on any atom is -0.489 e. The largest absolute Gasteiger partial charge is 0.489 e. The molecule has 0 aliphatic heterocycles. The van der Waals surface area contributed by atoms with Crippen molar-refractivity contribution in [3.8, 4) is 5.75 Å². The lowest BCUT2D eigenvalue weighted by atomic mass is 9.84. The lowest BCUT2D eigenvalue weighted by molar-refractivity contribution is 0.150. The van der Waals surface area contributed by atoms with Crippen molar-refractivity contribution in [3.63, 3.8) is 0 Å². The summed E-state index contributed by atoms with van der Waals surface area (Å²) >= 11 is 6.00. The SMILES string of the molecule is CNC(CC1CCCCC1)C(C)Oc1cccc(Cl)c1. The summed E-state index contributed by atoms with van der Waals surface area (Å²) in [4.78, 5) is 0. The monoisotopic (exact) mass is 295 g/mol. The van der Waals surface area contributed by atoms with Crippen LogP contribution in [0.4, 0.5) is 0 Å². The van der Waals surface area contributed by atoms with Gasteiger partial charge in [-0.25, -0.2) is 0 Å². The number of benzene rings is 1. The predicted octanol–water partition coefficient (Wildman–Crippen LogP) is 4.67. The van der Waals surface area contributed by atoms with Crippen molar-refractivity contribution in [1.82, 2.24) is 5.32 Å². The molecule has 1 aliphatic rings. The maximum atomic E-state index is 6.04. The summed E-state index contributed by atoms with van der Waals surface area (Å²) in [5.74, 6) is 1.71. The van der Waals surface area contributed by atoms with Crippen molar-refractivity contribution in [3.05, 3.63) is 29.3 Å². The third kappa shape index (κ3) is 4.68. The topological polar surface area (TPSA) is 21.3 Å². The Morgan fingerprint density at radius 3 is 2.70 bits per heavy atom. The van der Waals surface area contributed by atoms with Gasteiger partial charge in [-0.15, -0.1) is 0 Å². The second kappa shape index (κ2) is 7.90. The first-order valence-electron chi connectivity index (χ1n) is 7.78. The molecule has 2 atom stereocenters. The van der Waals surface area contributed by atoms with E-state index in [-0.39, 0.29) is 6.10 Å². The highest BCUT2D eigenvalue weighted by Crippen LogP contribution is 2.28. The first-order chi connectivity index (χ1) is 9.69. The van der Waals surface area contributed by atoms with Gasteiger partial charge in [-0.2, -0.15) is 0 Å². The molecule has 1 fully saturated rings. The van der Waals surface area contributed by atoms with Crippen LogP contribution in [0.15, 0.2) is 24.3 Å². The molecule has 2 rings (SSSR count). The Hall–Kier alpha value is -0.730. The molecular formula is C17H26ClNO. The van der Waals surface area contributed by atoms with Crippen molar-refractivity contribution < 1.29 is 4.74 Å². The summed E-state index contributed by atoms with van der Waals surface area (Å²) in [5, 5.41) is 4.15. The van der Waals surface area contributed by atoms with Gasteiger partial charge in [0, 0.05) is 11.1 Å². The molecule has 1 N–H and O–H groups in total. The van der Waals surface area contributed by atoms with Crippen molar-refractivity contribution in [2.45, 2.75) is 57.6 Å². The van der Waals surface area contributed by atoms with Gasteiger partial charge in [0.1, 0.15) is 11.9 Å². The molecule has 1 saturated carbocycles. The molecule has 20 heavy (non-hydrogen) atoms. The van der Waals surface area contributed by atoms with Gasteiger partial charge >= 0.3 is 0 Å². The number of nitrogens with one attached hydrogen (secondary N) is 1. The van der Waals surface area contributed by atoms with E-state index >= 15 is 0 Å². The smallest absolute Gasteiger partial charge is 0.121 e. The Balaban J connectivity index is 1.89. The van der Waals surface area contributed by atoms with Crippen LogP contribution in [0.25, 0.3) is 0 Å². The van der Waals surface area contributed by atoms with E-state index in [1.807, 2.05) is 31.3 Å². The van der Waals surface area contributed by atoms with Gasteiger partial charge in [0.15, 0.2) is 0 Å². The number of hydrogen-bond acceptors (Lipinski definition) is 2. The van der Waals surface area contributed by atoms with Gasteiger partial charge in [0.05, 0.1) is 0 Å². The first kappa shape index (κ1) is 15.7. The van der Waals surface area contributed by atoms with E-state index in [0.717, 1.165) is 16.7 Å². The van der Waals surface area contributed by atoms with Gasteiger partial charge < -0.3 is 10.1 Å². The highest BCUT2D eigenvalue weighted by molar-refractivity contribution is 6.30. The third-order valence-electron chi connectivity index (χ3n) is 4.37. The number of hydrogen-bond donors (Lipinski definition) is 1. The van der Waals surface area contributed by atoms with Crippen LogP contribution < -0.4 is 10.1 Å². The maximum absolute atomic E-state index is 6.04. The lowest BCUT2D eigenvalue weighted by Gasteiger charge is -2.30. The molecule has 0 heterocycles. The normalized spacial score (nSPS) is 19.6. The van der Waals surface area contributed by atoms with Crippen LogP contribution in [0, 0.1) is 5.92 Å². The summed E-state index contributed by atoms with van der Waals surface area (Å²) in [5.41, 5.74) is 0. The van der Waals surface area contributed by atoms with Crippen molar-refractivity contribution in [2.24, 2.45) is 5.92 Å². The van der Waals surface area contributed by atoms with Gasteiger partial charge in [-0.1, -0.05) is 49.8 Å². The predicted molar refractivity (Wildman–Crippen MR) is 85.6 cm³/mol. The van der Waals surface area contributed by atoms with E-state index in [0.29, 0.717) is 6.04 Å². The van der Waals surface area contributed by atoms with Gasteiger partial charge in [0.25, 0.3) is 0 Å². The number of likely N-dealkylation sites (N-methyl/N-ethyl adjacent to an activating group) is 1. The summed E-state index contributed by atoms with van der Waals surface area (Å²) < 4.78 is 6.04. The highest BCUT2D eigenvalue weighted by Gasteiger charge is 2.23. The minimum absolute atomic E-state index is 0.153. The summed E-state index contributed by atoms with van der Waals surface area (Å²) in [6, 6.07) is 8.05. The lowest BCUT2D eigenvalue weighted by Crippen LogP contribution is -2.41. The zero-order valence-corrected chi connectivity index (χ0v) is 13.3. The Labute approximate surface area is 127 Å². The molecule has 0 spiro atoms. The Kier molecular flexibility index (Phi) is 6.18. The second-order valence-corrected chi connectivity index (χ2v) is 6.35. The first-order valence-corrected chi connectivity index (χ1v) is 8.16. The van der Waals surface area contributed by atoms with Crippen LogP contribution in [-0.4, -0.2) is 19.2 Å². The van der Waals surface area contributed by atoms with Crippen molar-refractivity contribution >= 4 is 11.6 Å². The van der Waals surface area contributed by atoms with Crippen molar-refractivity contribution in [2.75, 3.05) is 7.05 Å². The molecule has 0 bridgehead atoms. The van der Waals surface area contributed by atoms with Gasteiger partial charge in [-0.05, 0) is 44.5 Å². The fourth-order valence-corrected chi connectivity index (χ4v) is 3.34. The van der Waals surface area contributed by atoms with Crippen LogP contribution in [-0.2, 0) is 0 Å². The van der Waals surface area contributed by atoms with Crippen molar-refractivity contribution in [1.29, 1.82) is 0 Å². The van der Waals surface area contributed by atoms with Crippen LogP contribution in [0.5, 0.6) is 5.75 Å². The van der Waals surface area contributed by atoms with E-state index in [9.17, 15) is 0 Å². The van der Waals surface area contributed by atoms with E-state index in [2.05, 4.69) is 12.2 Å². The molecule has 0 amide bonds. The van der Waals surface area contributed by atoms with Gasteiger partial charge in [-0.3, -0.25) is 0 Å².